The monoisotopic (exact) mass is 290 g/mol. The average molecular weight is 290 g/mol. The van der Waals surface area contributed by atoms with Crippen molar-refractivity contribution in [3.8, 4) is 0 Å². The average Bonchev–Trinajstić information content (AvgIpc) is 2.71. The molecule has 0 aliphatic carbocycles. The zero-order chi connectivity index (χ0) is 14.2. The Hall–Kier alpha value is -1.73. The fraction of sp³-hybridized carbons (Fsp3) is 0.200. The summed E-state index contributed by atoms with van der Waals surface area (Å²) in [7, 11) is 0. The molecule has 3 aromatic rings. The third kappa shape index (κ3) is 2.08. The molecule has 0 spiro atoms. The van der Waals surface area contributed by atoms with Crippen molar-refractivity contribution in [2.45, 2.75) is 29.9 Å². The van der Waals surface area contributed by atoms with Crippen LogP contribution in [0.3, 0.4) is 0 Å². The van der Waals surface area contributed by atoms with E-state index in [4.69, 9.17) is 0 Å². The zero-order valence-corrected chi connectivity index (χ0v) is 13.0. The number of hydrogen-bond donors (Lipinski definition) is 0. The van der Waals surface area contributed by atoms with Gasteiger partial charge < -0.3 is 0 Å². The predicted octanol–water partition coefficient (Wildman–Crippen LogP) is 5.99. The Morgan fingerprint density at radius 1 is 0.952 bits per heavy atom. The summed E-state index contributed by atoms with van der Waals surface area (Å²) in [6, 6.07) is 22.3. The molecule has 21 heavy (non-hydrogen) atoms. The van der Waals surface area contributed by atoms with Gasteiger partial charge in [-0.1, -0.05) is 61.5 Å². The van der Waals surface area contributed by atoms with Crippen molar-refractivity contribution in [1.82, 2.24) is 0 Å². The highest BCUT2D eigenvalue weighted by molar-refractivity contribution is 7.98. The van der Waals surface area contributed by atoms with E-state index >= 15 is 0 Å². The molecule has 3 aromatic carbocycles. The van der Waals surface area contributed by atoms with Crippen LogP contribution in [0.1, 0.15) is 36.0 Å². The summed E-state index contributed by atoms with van der Waals surface area (Å²) >= 11 is 1.98. The summed E-state index contributed by atoms with van der Waals surface area (Å²) < 4.78 is 0. The van der Waals surface area contributed by atoms with E-state index in [0.29, 0.717) is 5.92 Å². The van der Waals surface area contributed by atoms with Gasteiger partial charge in [0.05, 0.1) is 0 Å². The third-order valence-corrected chi connectivity index (χ3v) is 5.63. The topological polar surface area (TPSA) is 0 Å². The molecule has 0 fully saturated rings. The summed E-state index contributed by atoms with van der Waals surface area (Å²) in [6.07, 6.45) is 1.15. The summed E-state index contributed by atoms with van der Waals surface area (Å²) in [4.78, 5) is 1.45. The van der Waals surface area contributed by atoms with Crippen LogP contribution in [0.25, 0.3) is 10.8 Å². The molecule has 0 aromatic heterocycles. The van der Waals surface area contributed by atoms with Gasteiger partial charge >= 0.3 is 0 Å². The van der Waals surface area contributed by atoms with Gasteiger partial charge in [0.1, 0.15) is 0 Å². The van der Waals surface area contributed by atoms with Crippen molar-refractivity contribution in [2.75, 3.05) is 0 Å². The summed E-state index contributed by atoms with van der Waals surface area (Å²) in [5, 5.41) is 2.79. The van der Waals surface area contributed by atoms with E-state index in [1.165, 1.54) is 26.8 Å². The molecule has 4 rings (SSSR count). The maximum Gasteiger partial charge on any atom is 0.0235 e. The highest BCUT2D eigenvalue weighted by Crippen LogP contribution is 2.44. The van der Waals surface area contributed by atoms with Crippen molar-refractivity contribution in [3.05, 3.63) is 77.4 Å². The number of rotatable bonds is 1. The van der Waals surface area contributed by atoms with E-state index in [-0.39, 0.29) is 0 Å². The first-order chi connectivity index (χ1) is 10.4. The molecule has 1 aliphatic rings. The minimum Gasteiger partial charge on any atom is -0.121 e. The molecule has 1 unspecified atom stereocenters. The summed E-state index contributed by atoms with van der Waals surface area (Å²) in [5.41, 5.74) is 4.55. The highest BCUT2D eigenvalue weighted by Gasteiger charge is 2.24. The second-order valence-electron chi connectivity index (χ2n) is 5.65. The van der Waals surface area contributed by atoms with Crippen molar-refractivity contribution >= 4 is 22.5 Å². The number of fused-ring (bicyclic) bond motifs is 4. The lowest BCUT2D eigenvalue weighted by Gasteiger charge is -2.20. The Kier molecular flexibility index (Phi) is 3.23. The van der Waals surface area contributed by atoms with Gasteiger partial charge in [-0.2, -0.15) is 0 Å². The SMILES string of the molecule is CCC1c2ccccc2SCc2ccc3ccccc3c21. The van der Waals surface area contributed by atoms with E-state index in [9.17, 15) is 0 Å². The molecule has 0 amide bonds. The molecular weight excluding hydrogens is 272 g/mol. The number of thioether (sulfide) groups is 1. The standard InChI is InChI=1S/C20H18S/c1-2-16-18-9-5-6-10-19(18)21-13-15-12-11-14-7-3-4-8-17(14)20(15)16/h3-12,16H,2,13H2,1H3. The Morgan fingerprint density at radius 3 is 2.67 bits per heavy atom. The van der Waals surface area contributed by atoms with Crippen molar-refractivity contribution < 1.29 is 0 Å². The van der Waals surface area contributed by atoms with Crippen LogP contribution in [0.4, 0.5) is 0 Å². The second-order valence-corrected chi connectivity index (χ2v) is 6.66. The van der Waals surface area contributed by atoms with Crippen molar-refractivity contribution in [3.63, 3.8) is 0 Å². The van der Waals surface area contributed by atoms with Gasteiger partial charge in [-0.3, -0.25) is 0 Å². The van der Waals surface area contributed by atoms with Crippen LogP contribution in [-0.4, -0.2) is 0 Å². The Morgan fingerprint density at radius 2 is 1.76 bits per heavy atom. The van der Waals surface area contributed by atoms with E-state index in [1.54, 1.807) is 5.56 Å². The fourth-order valence-corrected chi connectivity index (χ4v) is 4.63. The van der Waals surface area contributed by atoms with Crippen LogP contribution in [-0.2, 0) is 5.75 Å². The van der Waals surface area contributed by atoms with Crippen LogP contribution in [0.5, 0.6) is 0 Å². The van der Waals surface area contributed by atoms with E-state index in [2.05, 4.69) is 67.6 Å². The second kappa shape index (κ2) is 5.23. The van der Waals surface area contributed by atoms with Gasteiger partial charge in [-0.25, -0.2) is 0 Å². The highest BCUT2D eigenvalue weighted by atomic mass is 32.2. The first-order valence-corrected chi connectivity index (χ1v) is 8.59. The normalized spacial score (nSPS) is 17.1. The van der Waals surface area contributed by atoms with Gasteiger partial charge in [0.25, 0.3) is 0 Å². The lowest BCUT2D eigenvalue weighted by molar-refractivity contribution is 0.766. The molecular formula is C20H18S. The van der Waals surface area contributed by atoms with E-state index in [1.807, 2.05) is 11.8 Å². The van der Waals surface area contributed by atoms with E-state index in [0.717, 1.165) is 12.2 Å². The van der Waals surface area contributed by atoms with Gasteiger partial charge in [0, 0.05) is 16.6 Å². The van der Waals surface area contributed by atoms with E-state index < -0.39 is 0 Å². The molecule has 0 radical (unpaired) electrons. The molecule has 1 aliphatic heterocycles. The predicted molar refractivity (Wildman–Crippen MR) is 92.1 cm³/mol. The van der Waals surface area contributed by atoms with Crippen LogP contribution in [0.15, 0.2) is 65.6 Å². The smallest absolute Gasteiger partial charge is 0.0235 e. The molecule has 0 saturated carbocycles. The Balaban J connectivity index is 2.04. The van der Waals surface area contributed by atoms with Gasteiger partial charge in [0.2, 0.25) is 0 Å². The molecule has 104 valence electrons. The van der Waals surface area contributed by atoms with Crippen LogP contribution < -0.4 is 0 Å². The molecule has 0 bridgehead atoms. The largest absolute Gasteiger partial charge is 0.121 e. The van der Waals surface area contributed by atoms with Crippen LogP contribution in [0, 0.1) is 0 Å². The maximum atomic E-state index is 2.33. The molecule has 0 nitrogen and oxygen atoms in total. The molecule has 1 heteroatoms. The number of hydrogen-bond acceptors (Lipinski definition) is 1. The van der Waals surface area contributed by atoms with Crippen molar-refractivity contribution in [1.29, 1.82) is 0 Å². The lowest BCUT2D eigenvalue weighted by atomic mass is 9.83. The quantitative estimate of drug-likeness (QED) is 0.530. The minimum atomic E-state index is 0.511. The third-order valence-electron chi connectivity index (χ3n) is 4.50. The minimum absolute atomic E-state index is 0.511. The molecule has 0 saturated heterocycles. The van der Waals surface area contributed by atoms with Gasteiger partial charge in [0.15, 0.2) is 0 Å². The first-order valence-electron chi connectivity index (χ1n) is 7.60. The van der Waals surface area contributed by atoms with Gasteiger partial charge in [-0.05, 0) is 39.9 Å². The number of benzene rings is 3. The van der Waals surface area contributed by atoms with Gasteiger partial charge in [-0.15, -0.1) is 11.8 Å². The fourth-order valence-electron chi connectivity index (χ4n) is 3.51. The first kappa shape index (κ1) is 13.0. The zero-order valence-electron chi connectivity index (χ0n) is 12.2. The Labute approximate surface area is 130 Å². The lowest BCUT2D eigenvalue weighted by Crippen LogP contribution is -2.03. The molecule has 1 heterocycles. The summed E-state index contributed by atoms with van der Waals surface area (Å²) in [6.45, 7) is 2.31. The maximum absolute atomic E-state index is 2.33. The summed E-state index contributed by atoms with van der Waals surface area (Å²) in [5.74, 6) is 1.59. The molecule has 0 N–H and O–H groups in total. The van der Waals surface area contributed by atoms with Crippen molar-refractivity contribution in [2.24, 2.45) is 0 Å². The molecule has 1 atom stereocenters. The van der Waals surface area contributed by atoms with Crippen LogP contribution in [0.2, 0.25) is 0 Å². The Bertz CT molecular complexity index is 804. The van der Waals surface area contributed by atoms with Crippen LogP contribution >= 0.6 is 11.8 Å².